The molecule has 4 rings (SSSR count). The highest BCUT2D eigenvalue weighted by molar-refractivity contribution is 7.92. The maximum atomic E-state index is 14.4. The number of methoxy groups -OCH3 is 1. The number of hydrogen-bond donors (Lipinski definition) is 1. The average Bonchev–Trinajstić information content (AvgIpc) is 3.08. The summed E-state index contributed by atoms with van der Waals surface area (Å²) in [5, 5.41) is 2.99. The Morgan fingerprint density at radius 3 is 2.06 bits per heavy atom. The number of amides is 2. The normalized spacial score (nSPS) is 12.4. The van der Waals surface area contributed by atoms with Crippen LogP contribution >= 0.6 is 0 Å². The van der Waals surface area contributed by atoms with Gasteiger partial charge in [0, 0.05) is 12.6 Å². The van der Waals surface area contributed by atoms with Crippen LogP contribution in [0.1, 0.15) is 44.7 Å². The first kappa shape index (κ1) is 35.0. The van der Waals surface area contributed by atoms with Crippen LogP contribution in [0.2, 0.25) is 0 Å². The zero-order chi connectivity index (χ0) is 34.0. The van der Waals surface area contributed by atoms with Gasteiger partial charge < -0.3 is 19.7 Å². The van der Waals surface area contributed by atoms with E-state index >= 15 is 0 Å². The van der Waals surface area contributed by atoms with Crippen molar-refractivity contribution in [3.8, 4) is 17.2 Å². The third kappa shape index (κ3) is 9.13. The molecule has 1 N–H and O–H groups in total. The summed E-state index contributed by atoms with van der Waals surface area (Å²) in [5.74, 6) is 0.918. The number of nitrogens with one attached hydrogen (secondary N) is 1. The number of para-hydroxylation sites is 1. The maximum absolute atomic E-state index is 14.4. The van der Waals surface area contributed by atoms with Gasteiger partial charge in [-0.1, -0.05) is 61.9 Å². The molecule has 2 amide bonds. The van der Waals surface area contributed by atoms with Crippen molar-refractivity contribution in [3.63, 3.8) is 0 Å². The minimum atomic E-state index is -4.21. The number of carbonyl (C=O) groups excluding carboxylic acids is 2. The molecule has 4 aromatic rings. The Labute approximate surface area is 278 Å². The number of rotatable bonds is 15. The van der Waals surface area contributed by atoms with Gasteiger partial charge in [-0.15, -0.1) is 0 Å². The highest BCUT2D eigenvalue weighted by Crippen LogP contribution is 2.29. The van der Waals surface area contributed by atoms with E-state index in [1.807, 2.05) is 70.2 Å². The minimum Gasteiger partial charge on any atom is -0.497 e. The Bertz CT molecular complexity index is 1730. The van der Waals surface area contributed by atoms with E-state index in [2.05, 4.69) is 5.32 Å². The van der Waals surface area contributed by atoms with E-state index in [4.69, 9.17) is 9.47 Å². The lowest BCUT2D eigenvalue weighted by atomic mass is 10.1. The molecule has 248 valence electrons. The summed E-state index contributed by atoms with van der Waals surface area (Å²) in [6.45, 7) is 7.11. The van der Waals surface area contributed by atoms with E-state index < -0.39 is 28.5 Å². The second kappa shape index (κ2) is 16.1. The fourth-order valence-electron chi connectivity index (χ4n) is 5.00. The van der Waals surface area contributed by atoms with Gasteiger partial charge in [-0.05, 0) is 92.9 Å². The summed E-state index contributed by atoms with van der Waals surface area (Å²) in [7, 11) is -2.65. The zero-order valence-electron chi connectivity index (χ0n) is 27.6. The number of hydrogen-bond acceptors (Lipinski definition) is 6. The smallest absolute Gasteiger partial charge is 0.264 e. The summed E-state index contributed by atoms with van der Waals surface area (Å²) in [4.78, 5) is 29.4. The van der Waals surface area contributed by atoms with Gasteiger partial charge in [-0.2, -0.15) is 0 Å². The predicted molar refractivity (Wildman–Crippen MR) is 184 cm³/mol. The number of ether oxygens (including phenoxy) is 2. The van der Waals surface area contributed by atoms with Crippen LogP contribution in [0.4, 0.5) is 5.69 Å². The molecule has 10 heteroatoms. The van der Waals surface area contributed by atoms with Gasteiger partial charge in [0.25, 0.3) is 10.0 Å². The molecule has 0 fully saturated rings. The summed E-state index contributed by atoms with van der Waals surface area (Å²) >= 11 is 0. The van der Waals surface area contributed by atoms with E-state index in [0.29, 0.717) is 23.7 Å². The maximum Gasteiger partial charge on any atom is 0.264 e. The molecule has 4 aromatic carbocycles. The third-order valence-corrected chi connectivity index (χ3v) is 9.65. The Balaban J connectivity index is 1.73. The molecular formula is C37H43N3O6S. The van der Waals surface area contributed by atoms with Crippen LogP contribution in [0, 0.1) is 6.92 Å². The van der Waals surface area contributed by atoms with E-state index in [9.17, 15) is 18.0 Å². The lowest BCUT2D eigenvalue weighted by Gasteiger charge is -2.33. The first-order valence-corrected chi connectivity index (χ1v) is 17.1. The monoisotopic (exact) mass is 657 g/mol. The fraction of sp³-hybridized carbons (Fsp3) is 0.297. The zero-order valence-corrected chi connectivity index (χ0v) is 28.4. The van der Waals surface area contributed by atoms with E-state index in [-0.39, 0.29) is 29.1 Å². The quantitative estimate of drug-likeness (QED) is 0.152. The number of nitrogens with zero attached hydrogens (tertiary/aromatic N) is 2. The van der Waals surface area contributed by atoms with Crippen molar-refractivity contribution < 1.29 is 27.5 Å². The van der Waals surface area contributed by atoms with E-state index in [1.54, 1.807) is 55.6 Å². The average molecular weight is 658 g/mol. The van der Waals surface area contributed by atoms with Gasteiger partial charge in [0.2, 0.25) is 11.8 Å². The topological polar surface area (TPSA) is 105 Å². The Morgan fingerprint density at radius 1 is 0.809 bits per heavy atom. The van der Waals surface area contributed by atoms with Gasteiger partial charge in [0.15, 0.2) is 0 Å². The molecule has 0 heterocycles. The molecule has 0 saturated heterocycles. The van der Waals surface area contributed by atoms with Crippen LogP contribution in [0.25, 0.3) is 0 Å². The SMILES string of the molecule is CCC(C)NC(=O)C(CC)N(Cc1cccc(OC)c1)C(=O)CN(c1ccc(Oc2ccccc2)cc1)S(=O)(=O)c1ccc(C)cc1. The highest BCUT2D eigenvalue weighted by atomic mass is 32.2. The number of benzene rings is 4. The van der Waals surface area contributed by atoms with E-state index in [0.717, 1.165) is 21.9 Å². The second-order valence-electron chi connectivity index (χ2n) is 11.3. The second-order valence-corrected chi connectivity index (χ2v) is 13.2. The van der Waals surface area contributed by atoms with Gasteiger partial charge in [-0.25, -0.2) is 8.42 Å². The summed E-state index contributed by atoms with van der Waals surface area (Å²) in [6.07, 6.45) is 1.05. The number of anilines is 1. The Kier molecular flexibility index (Phi) is 12.0. The van der Waals surface area contributed by atoms with Crippen molar-refractivity contribution in [1.29, 1.82) is 0 Å². The van der Waals surface area contributed by atoms with Crippen LogP contribution in [0.15, 0.2) is 108 Å². The molecule has 0 radical (unpaired) electrons. The lowest BCUT2D eigenvalue weighted by Crippen LogP contribution is -2.53. The standard InChI is InChI=1S/C37H43N3O6S/c1-6-28(4)38-37(42)35(7-2)39(25-29-12-11-15-33(24-29)45-5)36(41)26-40(47(43,44)34-22-16-27(3)17-23-34)30-18-20-32(21-19-30)46-31-13-9-8-10-14-31/h8-24,28,35H,6-7,25-26H2,1-5H3,(H,38,42). The van der Waals surface area contributed by atoms with Crippen LogP contribution in [0.5, 0.6) is 17.2 Å². The summed E-state index contributed by atoms with van der Waals surface area (Å²) < 4.78 is 40.8. The Morgan fingerprint density at radius 2 is 1.45 bits per heavy atom. The predicted octanol–water partition coefficient (Wildman–Crippen LogP) is 6.71. The fourth-order valence-corrected chi connectivity index (χ4v) is 6.41. The highest BCUT2D eigenvalue weighted by Gasteiger charge is 2.34. The number of carbonyl (C=O) groups is 2. The van der Waals surface area contributed by atoms with Crippen molar-refractivity contribution in [3.05, 3.63) is 114 Å². The molecule has 0 bridgehead atoms. The summed E-state index contributed by atoms with van der Waals surface area (Å²) in [6, 6.07) is 28.6. The third-order valence-electron chi connectivity index (χ3n) is 7.87. The molecule has 9 nitrogen and oxygen atoms in total. The largest absolute Gasteiger partial charge is 0.497 e. The minimum absolute atomic E-state index is 0.0430. The van der Waals surface area contributed by atoms with Gasteiger partial charge in [0.1, 0.15) is 29.8 Å². The van der Waals surface area contributed by atoms with Crippen LogP contribution in [-0.2, 0) is 26.2 Å². The molecule has 0 aliphatic carbocycles. The number of sulfonamides is 1. The molecule has 47 heavy (non-hydrogen) atoms. The van der Waals surface area contributed by atoms with Crippen LogP contribution < -0.4 is 19.1 Å². The van der Waals surface area contributed by atoms with E-state index in [1.165, 1.54) is 17.0 Å². The molecule has 2 atom stereocenters. The molecule has 0 spiro atoms. The number of aryl methyl sites for hydroxylation is 1. The van der Waals surface area contributed by atoms with Crippen LogP contribution in [-0.4, -0.2) is 50.9 Å². The van der Waals surface area contributed by atoms with Crippen molar-refractivity contribution >= 4 is 27.5 Å². The first-order valence-electron chi connectivity index (χ1n) is 15.7. The van der Waals surface area contributed by atoms with Gasteiger partial charge in [-0.3, -0.25) is 13.9 Å². The van der Waals surface area contributed by atoms with Crippen molar-refractivity contribution in [2.24, 2.45) is 0 Å². The van der Waals surface area contributed by atoms with Crippen molar-refractivity contribution in [2.75, 3.05) is 18.0 Å². The molecule has 0 aromatic heterocycles. The molecule has 0 aliphatic heterocycles. The van der Waals surface area contributed by atoms with Gasteiger partial charge in [0.05, 0.1) is 17.7 Å². The molecule has 0 saturated carbocycles. The van der Waals surface area contributed by atoms with Crippen molar-refractivity contribution in [1.82, 2.24) is 10.2 Å². The molecular weight excluding hydrogens is 614 g/mol. The molecule has 2 unspecified atom stereocenters. The van der Waals surface area contributed by atoms with Gasteiger partial charge >= 0.3 is 0 Å². The summed E-state index contributed by atoms with van der Waals surface area (Å²) in [5.41, 5.74) is 1.91. The first-order chi connectivity index (χ1) is 22.5. The van der Waals surface area contributed by atoms with Crippen molar-refractivity contribution in [2.45, 2.75) is 64.1 Å². The molecule has 0 aliphatic rings. The van der Waals surface area contributed by atoms with Crippen LogP contribution in [0.3, 0.4) is 0 Å². The Hall–Kier alpha value is -4.83. The lowest BCUT2D eigenvalue weighted by molar-refractivity contribution is -0.140.